The van der Waals surface area contributed by atoms with Crippen LogP contribution in [0.3, 0.4) is 0 Å². The zero-order valence-corrected chi connectivity index (χ0v) is 6.07. The molecule has 5 nitrogen and oxygen atoms in total. The second-order valence-electron chi connectivity index (χ2n) is 2.31. The maximum Gasteiger partial charge on any atom is 0.235 e. The van der Waals surface area contributed by atoms with Crippen LogP contribution in [0, 0.1) is 0 Å². The van der Waals surface area contributed by atoms with E-state index in [-0.39, 0.29) is 6.04 Å². The van der Waals surface area contributed by atoms with E-state index in [0.717, 1.165) is 0 Å². The van der Waals surface area contributed by atoms with Crippen LogP contribution in [0.25, 0.3) is 0 Å². The van der Waals surface area contributed by atoms with Gasteiger partial charge in [0.1, 0.15) is 6.33 Å². The minimum atomic E-state index is 0.230. The Morgan fingerprint density at radius 1 is 1.70 bits per heavy atom. The molecule has 0 spiro atoms. The van der Waals surface area contributed by atoms with E-state index < -0.39 is 0 Å². The topological polar surface area (TPSA) is 70.8 Å². The van der Waals surface area contributed by atoms with Crippen LogP contribution in [0.2, 0.25) is 0 Å². The second kappa shape index (κ2) is 2.66. The molecule has 0 atom stereocenters. The number of nitrogens with zero attached hydrogens (tertiary/aromatic N) is 3. The lowest BCUT2D eigenvalue weighted by atomic mass is 10.4. The van der Waals surface area contributed by atoms with E-state index in [9.17, 15) is 0 Å². The van der Waals surface area contributed by atoms with Gasteiger partial charge in [0.15, 0.2) is 0 Å². The Labute approximate surface area is 59.2 Å². The van der Waals surface area contributed by atoms with Crippen molar-refractivity contribution in [2.45, 2.75) is 19.9 Å². The highest BCUT2D eigenvalue weighted by Crippen LogP contribution is 2.01. The van der Waals surface area contributed by atoms with Gasteiger partial charge in [0.2, 0.25) is 5.95 Å². The normalized spacial score (nSPS) is 10.4. The minimum absolute atomic E-state index is 0.230. The molecule has 0 aliphatic carbocycles. The first kappa shape index (κ1) is 7.01. The molecule has 0 amide bonds. The molecule has 0 fully saturated rings. The highest BCUT2D eigenvalue weighted by atomic mass is 15.5. The van der Waals surface area contributed by atoms with Crippen LogP contribution in [0.4, 0.5) is 5.95 Å². The molecule has 0 aliphatic heterocycles. The fourth-order valence-electron chi connectivity index (χ4n) is 0.568. The van der Waals surface area contributed by atoms with Gasteiger partial charge >= 0.3 is 0 Å². The largest absolute Gasteiger partial charge is 0.277 e. The molecule has 0 saturated heterocycles. The van der Waals surface area contributed by atoms with Gasteiger partial charge in [-0.25, -0.2) is 10.9 Å². The maximum atomic E-state index is 5.58. The predicted octanol–water partition coefficient (Wildman–Crippen LogP) is -0.107. The number of aromatic amines is 1. The van der Waals surface area contributed by atoms with E-state index in [0.29, 0.717) is 5.95 Å². The number of nitrogens with one attached hydrogen (secondary N) is 1. The molecule has 0 unspecified atom stereocenters. The van der Waals surface area contributed by atoms with E-state index in [1.807, 2.05) is 13.8 Å². The zero-order chi connectivity index (χ0) is 7.56. The molecule has 0 aliphatic rings. The van der Waals surface area contributed by atoms with E-state index in [1.165, 1.54) is 11.3 Å². The van der Waals surface area contributed by atoms with Gasteiger partial charge in [0, 0.05) is 6.04 Å². The molecule has 10 heavy (non-hydrogen) atoms. The number of rotatable bonds is 2. The summed E-state index contributed by atoms with van der Waals surface area (Å²) in [7, 11) is 0. The Morgan fingerprint density at radius 2 is 2.40 bits per heavy atom. The Hall–Kier alpha value is -1.10. The van der Waals surface area contributed by atoms with Crippen LogP contribution in [0.15, 0.2) is 6.33 Å². The Kier molecular flexibility index (Phi) is 1.86. The molecule has 0 radical (unpaired) electrons. The van der Waals surface area contributed by atoms with Gasteiger partial charge in [-0.15, -0.1) is 0 Å². The quantitative estimate of drug-likeness (QED) is 0.445. The van der Waals surface area contributed by atoms with Crippen LogP contribution in [-0.2, 0) is 0 Å². The molecule has 1 rings (SSSR count). The van der Waals surface area contributed by atoms with E-state index in [2.05, 4.69) is 15.2 Å². The van der Waals surface area contributed by atoms with Gasteiger partial charge in [-0.3, -0.25) is 5.01 Å². The molecule has 0 aromatic carbocycles. The first-order valence-corrected chi connectivity index (χ1v) is 3.11. The lowest BCUT2D eigenvalue weighted by Crippen LogP contribution is -2.38. The molecular formula is C5H11N5. The molecule has 3 N–H and O–H groups in total. The first-order valence-electron chi connectivity index (χ1n) is 3.11. The Bertz CT molecular complexity index is 180. The number of hydrogen-bond donors (Lipinski definition) is 2. The van der Waals surface area contributed by atoms with E-state index in [4.69, 9.17) is 5.84 Å². The molecule has 0 saturated carbocycles. The van der Waals surface area contributed by atoms with Gasteiger partial charge < -0.3 is 0 Å². The van der Waals surface area contributed by atoms with Crippen molar-refractivity contribution < 1.29 is 0 Å². The average Bonchev–Trinajstić information content (AvgIpc) is 2.36. The third-order valence-corrected chi connectivity index (χ3v) is 1.20. The second-order valence-corrected chi connectivity index (χ2v) is 2.31. The van der Waals surface area contributed by atoms with Crippen LogP contribution in [0.1, 0.15) is 13.8 Å². The number of anilines is 1. The van der Waals surface area contributed by atoms with E-state index in [1.54, 1.807) is 0 Å². The summed E-state index contributed by atoms with van der Waals surface area (Å²) in [6.07, 6.45) is 1.43. The van der Waals surface area contributed by atoms with Crippen molar-refractivity contribution in [1.29, 1.82) is 0 Å². The monoisotopic (exact) mass is 141 g/mol. The number of nitrogens with two attached hydrogens (primary N) is 1. The molecule has 1 aromatic rings. The summed E-state index contributed by atoms with van der Waals surface area (Å²) in [4.78, 5) is 3.87. The Morgan fingerprint density at radius 3 is 2.80 bits per heavy atom. The van der Waals surface area contributed by atoms with Crippen LogP contribution in [0.5, 0.6) is 0 Å². The fraction of sp³-hybridized carbons (Fsp3) is 0.600. The molecule has 0 bridgehead atoms. The number of H-pyrrole nitrogens is 1. The highest BCUT2D eigenvalue weighted by molar-refractivity contribution is 5.24. The van der Waals surface area contributed by atoms with Crippen LogP contribution < -0.4 is 10.9 Å². The summed E-state index contributed by atoms with van der Waals surface area (Å²) >= 11 is 0. The SMILES string of the molecule is CC(C)N(N)c1ncn[nH]1. The number of hydrazine groups is 1. The summed E-state index contributed by atoms with van der Waals surface area (Å²) in [6, 6.07) is 0.230. The lowest BCUT2D eigenvalue weighted by molar-refractivity contribution is 0.689. The molecular weight excluding hydrogens is 130 g/mol. The summed E-state index contributed by atoms with van der Waals surface area (Å²) in [5.74, 6) is 6.17. The van der Waals surface area contributed by atoms with Crippen molar-refractivity contribution in [1.82, 2.24) is 15.2 Å². The summed E-state index contributed by atoms with van der Waals surface area (Å²) in [5, 5.41) is 7.85. The van der Waals surface area contributed by atoms with Gasteiger partial charge in [0.25, 0.3) is 0 Å². The first-order chi connectivity index (χ1) is 4.72. The summed E-state index contributed by atoms with van der Waals surface area (Å²) in [6.45, 7) is 3.95. The third-order valence-electron chi connectivity index (χ3n) is 1.20. The molecule has 1 heterocycles. The average molecular weight is 141 g/mol. The fourth-order valence-corrected chi connectivity index (χ4v) is 0.568. The predicted molar refractivity (Wildman–Crippen MR) is 38.2 cm³/mol. The summed E-state index contributed by atoms with van der Waals surface area (Å²) in [5.41, 5.74) is 0. The molecule has 56 valence electrons. The van der Waals surface area contributed by atoms with Crippen molar-refractivity contribution in [3.05, 3.63) is 6.33 Å². The van der Waals surface area contributed by atoms with Crippen molar-refractivity contribution in [3.8, 4) is 0 Å². The zero-order valence-electron chi connectivity index (χ0n) is 6.07. The standard InChI is InChI=1S/C5H11N5/c1-4(2)10(6)5-7-3-8-9-5/h3-4H,6H2,1-2H3,(H,7,8,9). The van der Waals surface area contributed by atoms with Crippen molar-refractivity contribution in [2.24, 2.45) is 5.84 Å². The Balaban J connectivity index is 2.68. The van der Waals surface area contributed by atoms with Crippen molar-refractivity contribution >= 4 is 5.95 Å². The van der Waals surface area contributed by atoms with Crippen molar-refractivity contribution in [3.63, 3.8) is 0 Å². The van der Waals surface area contributed by atoms with Gasteiger partial charge in [-0.2, -0.15) is 10.1 Å². The minimum Gasteiger partial charge on any atom is -0.277 e. The maximum absolute atomic E-state index is 5.58. The van der Waals surface area contributed by atoms with Gasteiger partial charge in [-0.05, 0) is 13.8 Å². The van der Waals surface area contributed by atoms with E-state index >= 15 is 0 Å². The summed E-state index contributed by atoms with van der Waals surface area (Å²) < 4.78 is 0. The molecule has 5 heteroatoms. The highest BCUT2D eigenvalue weighted by Gasteiger charge is 2.06. The van der Waals surface area contributed by atoms with Crippen LogP contribution >= 0.6 is 0 Å². The smallest absolute Gasteiger partial charge is 0.235 e. The number of hydrogen-bond acceptors (Lipinski definition) is 4. The van der Waals surface area contributed by atoms with Crippen LogP contribution in [-0.4, -0.2) is 21.2 Å². The van der Waals surface area contributed by atoms with Gasteiger partial charge in [0.05, 0.1) is 0 Å². The number of aromatic nitrogens is 3. The lowest BCUT2D eigenvalue weighted by Gasteiger charge is -2.18. The third kappa shape index (κ3) is 1.24. The van der Waals surface area contributed by atoms with Gasteiger partial charge in [-0.1, -0.05) is 0 Å². The molecule has 1 aromatic heterocycles. The van der Waals surface area contributed by atoms with Crippen molar-refractivity contribution in [2.75, 3.05) is 5.01 Å².